The molecular weight excluding hydrogens is 310 g/mol. The highest BCUT2D eigenvalue weighted by molar-refractivity contribution is 5.94. The number of carbonyl (C=O) groups excluding carboxylic acids is 1. The number of hydrogen-bond acceptors (Lipinski definition) is 4. The molecule has 1 saturated carbocycles. The molecule has 0 saturated heterocycles. The van der Waals surface area contributed by atoms with E-state index in [-0.39, 0.29) is 12.0 Å². The van der Waals surface area contributed by atoms with Crippen LogP contribution in [0.3, 0.4) is 0 Å². The summed E-state index contributed by atoms with van der Waals surface area (Å²) < 4.78 is 11.0. The molecule has 2 N–H and O–H groups in total. The first-order valence-electron chi connectivity index (χ1n) is 8.45. The summed E-state index contributed by atoms with van der Waals surface area (Å²) in [5.41, 5.74) is 0.555. The number of amides is 1. The van der Waals surface area contributed by atoms with Crippen molar-refractivity contribution in [3.63, 3.8) is 0 Å². The van der Waals surface area contributed by atoms with Gasteiger partial charge in [-0.2, -0.15) is 0 Å². The number of ether oxygens (including phenoxy) is 2. The molecule has 1 aliphatic carbocycles. The Labute approximate surface area is 142 Å². The minimum absolute atomic E-state index is 0.151. The molecule has 2 rings (SSSR count). The van der Waals surface area contributed by atoms with E-state index in [2.05, 4.69) is 5.32 Å². The number of hydrogen-bond donors (Lipinski definition) is 2. The molecule has 0 spiro atoms. The Hall–Kier alpha value is -2.08. The van der Waals surface area contributed by atoms with Gasteiger partial charge in [0, 0.05) is 11.8 Å². The summed E-state index contributed by atoms with van der Waals surface area (Å²) in [5, 5.41) is 11.4. The van der Waals surface area contributed by atoms with Crippen LogP contribution >= 0.6 is 0 Å². The monoisotopic (exact) mass is 335 g/mol. The van der Waals surface area contributed by atoms with Crippen molar-refractivity contribution in [1.82, 2.24) is 0 Å². The summed E-state index contributed by atoms with van der Waals surface area (Å²) in [6.45, 7) is 1.34. The number of benzene rings is 1. The molecule has 0 heterocycles. The van der Waals surface area contributed by atoms with Crippen LogP contribution in [0.2, 0.25) is 0 Å². The topological polar surface area (TPSA) is 84.9 Å². The van der Waals surface area contributed by atoms with E-state index in [4.69, 9.17) is 14.6 Å². The summed E-state index contributed by atoms with van der Waals surface area (Å²) in [5.74, 6) is -0.864. The molecule has 0 aromatic heterocycles. The van der Waals surface area contributed by atoms with Crippen LogP contribution in [-0.4, -0.2) is 35.8 Å². The zero-order valence-corrected chi connectivity index (χ0v) is 14.0. The second kappa shape index (κ2) is 9.27. The molecule has 132 valence electrons. The largest absolute Gasteiger partial charge is 0.482 e. The molecule has 6 nitrogen and oxygen atoms in total. The molecule has 0 bridgehead atoms. The first-order valence-corrected chi connectivity index (χ1v) is 8.45. The number of carboxylic acids is 1. The summed E-state index contributed by atoms with van der Waals surface area (Å²) in [6, 6.07) is 6.66. The zero-order valence-electron chi connectivity index (χ0n) is 14.0. The quantitative estimate of drug-likeness (QED) is 0.747. The molecule has 6 heteroatoms. The normalized spacial score (nSPS) is 16.9. The van der Waals surface area contributed by atoms with E-state index < -0.39 is 18.7 Å². The fraction of sp³-hybridized carbons (Fsp3) is 0.556. The Bertz CT molecular complexity index is 552. The van der Waals surface area contributed by atoms with E-state index in [9.17, 15) is 9.59 Å². The van der Waals surface area contributed by atoms with Gasteiger partial charge in [0.05, 0.1) is 6.10 Å². The third-order valence-electron chi connectivity index (χ3n) is 4.03. The van der Waals surface area contributed by atoms with Crippen LogP contribution in [0.1, 0.15) is 45.4 Å². The van der Waals surface area contributed by atoms with Crippen LogP contribution < -0.4 is 10.1 Å². The van der Waals surface area contributed by atoms with Gasteiger partial charge < -0.3 is 19.9 Å². The molecule has 0 radical (unpaired) electrons. The standard InChI is InChI=1S/C18H25NO5/c1-13(24-15-8-4-2-3-5-9-15)18(22)19-14-7-6-10-16(11-14)23-12-17(20)21/h6-7,10-11,13,15H,2-5,8-9,12H2,1H3,(H,19,22)(H,20,21). The molecule has 1 unspecified atom stereocenters. The predicted octanol–water partition coefficient (Wildman–Crippen LogP) is 3.22. The van der Waals surface area contributed by atoms with Gasteiger partial charge in [0.2, 0.25) is 0 Å². The smallest absolute Gasteiger partial charge is 0.341 e. The van der Waals surface area contributed by atoms with Crippen molar-refractivity contribution in [2.75, 3.05) is 11.9 Å². The highest BCUT2D eigenvalue weighted by atomic mass is 16.5. The second-order valence-electron chi connectivity index (χ2n) is 6.09. The molecule has 1 atom stereocenters. The first kappa shape index (κ1) is 18.3. The SMILES string of the molecule is CC(OC1CCCCCC1)C(=O)Nc1cccc(OCC(=O)O)c1. The molecule has 1 aromatic rings. The molecule has 0 aliphatic heterocycles. The average molecular weight is 335 g/mol. The predicted molar refractivity (Wildman–Crippen MR) is 90.2 cm³/mol. The van der Waals surface area contributed by atoms with Gasteiger partial charge in [-0.3, -0.25) is 4.79 Å². The van der Waals surface area contributed by atoms with E-state index in [0.29, 0.717) is 11.4 Å². The van der Waals surface area contributed by atoms with Crippen molar-refractivity contribution in [2.24, 2.45) is 0 Å². The molecule has 24 heavy (non-hydrogen) atoms. The third-order valence-corrected chi connectivity index (χ3v) is 4.03. The molecule has 1 amide bonds. The second-order valence-corrected chi connectivity index (χ2v) is 6.09. The summed E-state index contributed by atoms with van der Waals surface area (Å²) in [4.78, 5) is 22.8. The van der Waals surface area contributed by atoms with Crippen molar-refractivity contribution in [2.45, 2.75) is 57.7 Å². The number of anilines is 1. The highest BCUT2D eigenvalue weighted by Crippen LogP contribution is 2.22. The van der Waals surface area contributed by atoms with E-state index in [1.807, 2.05) is 0 Å². The van der Waals surface area contributed by atoms with E-state index in [1.165, 1.54) is 12.8 Å². The van der Waals surface area contributed by atoms with Crippen LogP contribution in [0, 0.1) is 0 Å². The molecule has 1 aromatic carbocycles. The molecule has 1 fully saturated rings. The third kappa shape index (κ3) is 6.20. The van der Waals surface area contributed by atoms with Crippen LogP contribution in [-0.2, 0) is 14.3 Å². The van der Waals surface area contributed by atoms with E-state index >= 15 is 0 Å². The van der Waals surface area contributed by atoms with Crippen molar-refractivity contribution in [1.29, 1.82) is 0 Å². The summed E-state index contributed by atoms with van der Waals surface area (Å²) in [7, 11) is 0. The fourth-order valence-corrected chi connectivity index (χ4v) is 2.78. The maximum Gasteiger partial charge on any atom is 0.341 e. The Morgan fingerprint density at radius 2 is 1.96 bits per heavy atom. The number of rotatable bonds is 7. The molecular formula is C18H25NO5. The zero-order chi connectivity index (χ0) is 17.4. The Morgan fingerprint density at radius 1 is 1.25 bits per heavy atom. The van der Waals surface area contributed by atoms with E-state index in [1.54, 1.807) is 31.2 Å². The lowest BCUT2D eigenvalue weighted by atomic mass is 10.1. The van der Waals surface area contributed by atoms with Crippen LogP contribution in [0.25, 0.3) is 0 Å². The lowest BCUT2D eigenvalue weighted by molar-refractivity contribution is -0.139. The van der Waals surface area contributed by atoms with Gasteiger partial charge in [0.15, 0.2) is 6.61 Å². The minimum atomic E-state index is -1.05. The fourth-order valence-electron chi connectivity index (χ4n) is 2.78. The Kier molecular flexibility index (Phi) is 7.06. The van der Waals surface area contributed by atoms with Crippen LogP contribution in [0.15, 0.2) is 24.3 Å². The maximum absolute atomic E-state index is 12.3. The Balaban J connectivity index is 1.86. The summed E-state index contributed by atoms with van der Waals surface area (Å²) >= 11 is 0. The number of carboxylic acid groups (broad SMARTS) is 1. The maximum atomic E-state index is 12.3. The summed E-state index contributed by atoms with van der Waals surface area (Å²) in [6.07, 6.45) is 6.43. The van der Waals surface area contributed by atoms with Gasteiger partial charge >= 0.3 is 5.97 Å². The number of aliphatic carboxylic acids is 1. The molecule has 1 aliphatic rings. The lowest BCUT2D eigenvalue weighted by Crippen LogP contribution is -2.31. The van der Waals surface area contributed by atoms with Gasteiger partial charge in [0.1, 0.15) is 11.9 Å². The number of carbonyl (C=O) groups is 2. The van der Waals surface area contributed by atoms with Gasteiger partial charge in [-0.05, 0) is 31.9 Å². The van der Waals surface area contributed by atoms with Crippen molar-refractivity contribution < 1.29 is 24.2 Å². The van der Waals surface area contributed by atoms with Crippen LogP contribution in [0.4, 0.5) is 5.69 Å². The Morgan fingerprint density at radius 3 is 2.62 bits per heavy atom. The van der Waals surface area contributed by atoms with Gasteiger partial charge in [-0.25, -0.2) is 4.79 Å². The van der Waals surface area contributed by atoms with Gasteiger partial charge in [-0.15, -0.1) is 0 Å². The van der Waals surface area contributed by atoms with E-state index in [0.717, 1.165) is 25.7 Å². The lowest BCUT2D eigenvalue weighted by Gasteiger charge is -2.20. The first-order chi connectivity index (χ1) is 11.5. The van der Waals surface area contributed by atoms with Crippen molar-refractivity contribution in [3.8, 4) is 5.75 Å². The highest BCUT2D eigenvalue weighted by Gasteiger charge is 2.20. The van der Waals surface area contributed by atoms with Gasteiger partial charge in [0.25, 0.3) is 5.91 Å². The van der Waals surface area contributed by atoms with Crippen LogP contribution in [0.5, 0.6) is 5.75 Å². The number of nitrogens with one attached hydrogen (secondary N) is 1. The van der Waals surface area contributed by atoms with Crippen molar-refractivity contribution in [3.05, 3.63) is 24.3 Å². The minimum Gasteiger partial charge on any atom is -0.482 e. The van der Waals surface area contributed by atoms with Crippen molar-refractivity contribution >= 4 is 17.6 Å². The van der Waals surface area contributed by atoms with Gasteiger partial charge in [-0.1, -0.05) is 31.7 Å². The average Bonchev–Trinajstić information content (AvgIpc) is 2.82.